The van der Waals surface area contributed by atoms with Gasteiger partial charge >= 0.3 is 0 Å². The van der Waals surface area contributed by atoms with Gasteiger partial charge in [-0.05, 0) is 77.4 Å². The van der Waals surface area contributed by atoms with E-state index in [2.05, 4.69) is 11.8 Å². The average Bonchev–Trinajstić information content (AvgIpc) is 2.80. The third-order valence-electron chi connectivity index (χ3n) is 4.82. The third kappa shape index (κ3) is 4.96. The summed E-state index contributed by atoms with van der Waals surface area (Å²) in [5.74, 6) is 4.56. The van der Waals surface area contributed by atoms with Crippen molar-refractivity contribution in [2.45, 2.75) is 0 Å². The second kappa shape index (κ2) is 9.36. The Morgan fingerprint density at radius 1 is 0.438 bits per heavy atom. The van der Waals surface area contributed by atoms with Crippen molar-refractivity contribution in [3.8, 4) is 11.8 Å². The minimum absolute atomic E-state index is 0.372. The summed E-state index contributed by atoms with van der Waals surface area (Å²) < 4.78 is 54.1. The SMILES string of the molecule is Fc1ccc(C#CC(=C(c2ccc(F)cc2)c2ccc(F)cc2)c2ccc(F)cc2)cc1. The quantitative estimate of drug-likeness (QED) is 0.183. The molecule has 4 heteroatoms. The maximum atomic E-state index is 13.6. The van der Waals surface area contributed by atoms with Gasteiger partial charge in [-0.1, -0.05) is 48.2 Å². The van der Waals surface area contributed by atoms with E-state index in [1.54, 1.807) is 48.5 Å². The van der Waals surface area contributed by atoms with Crippen molar-refractivity contribution >= 4 is 11.1 Å². The van der Waals surface area contributed by atoms with Gasteiger partial charge in [-0.15, -0.1) is 0 Å². The molecule has 0 fully saturated rings. The predicted octanol–water partition coefficient (Wildman–Crippen LogP) is 7.25. The molecule has 0 bridgehead atoms. The molecule has 4 aromatic rings. The smallest absolute Gasteiger partial charge is 0.123 e. The summed E-state index contributed by atoms with van der Waals surface area (Å²) in [4.78, 5) is 0. The monoisotopic (exact) mass is 428 g/mol. The van der Waals surface area contributed by atoms with Crippen LogP contribution in [0.3, 0.4) is 0 Å². The Balaban J connectivity index is 2.00. The molecule has 0 aliphatic heterocycles. The third-order valence-corrected chi connectivity index (χ3v) is 4.82. The van der Waals surface area contributed by atoms with Gasteiger partial charge in [0.15, 0.2) is 0 Å². The van der Waals surface area contributed by atoms with E-state index in [9.17, 15) is 17.6 Å². The summed E-state index contributed by atoms with van der Waals surface area (Å²) in [5.41, 5.74) is 3.70. The first kappa shape index (κ1) is 21.1. The maximum absolute atomic E-state index is 13.6. The summed E-state index contributed by atoms with van der Waals surface area (Å²) >= 11 is 0. The Morgan fingerprint density at radius 3 is 1.19 bits per heavy atom. The van der Waals surface area contributed by atoms with E-state index in [4.69, 9.17) is 0 Å². The van der Waals surface area contributed by atoms with Gasteiger partial charge in [0.25, 0.3) is 0 Å². The number of benzene rings is 4. The lowest BCUT2D eigenvalue weighted by atomic mass is 9.89. The van der Waals surface area contributed by atoms with Crippen LogP contribution >= 0.6 is 0 Å². The molecule has 0 aliphatic carbocycles. The van der Waals surface area contributed by atoms with E-state index in [-0.39, 0.29) is 5.82 Å². The Hall–Kier alpha value is -4.10. The molecule has 0 spiro atoms. The summed E-state index contributed by atoms with van der Waals surface area (Å²) in [7, 11) is 0. The molecule has 0 amide bonds. The molecule has 4 aromatic carbocycles. The van der Waals surface area contributed by atoms with Gasteiger partial charge in [0.05, 0.1) is 0 Å². The number of hydrogen-bond donors (Lipinski definition) is 0. The van der Waals surface area contributed by atoms with Crippen LogP contribution in [0.1, 0.15) is 22.3 Å². The van der Waals surface area contributed by atoms with Gasteiger partial charge < -0.3 is 0 Å². The van der Waals surface area contributed by atoms with Crippen LogP contribution in [-0.4, -0.2) is 0 Å². The van der Waals surface area contributed by atoms with E-state index >= 15 is 0 Å². The van der Waals surface area contributed by atoms with Crippen LogP contribution in [0.5, 0.6) is 0 Å². The van der Waals surface area contributed by atoms with Crippen LogP contribution < -0.4 is 0 Å². The molecule has 0 aromatic heterocycles. The predicted molar refractivity (Wildman–Crippen MR) is 118 cm³/mol. The lowest BCUT2D eigenvalue weighted by Gasteiger charge is -2.14. The van der Waals surface area contributed by atoms with Crippen molar-refractivity contribution in [3.63, 3.8) is 0 Å². The topological polar surface area (TPSA) is 0 Å². The van der Waals surface area contributed by atoms with E-state index in [0.29, 0.717) is 33.4 Å². The van der Waals surface area contributed by atoms with Gasteiger partial charge in [0, 0.05) is 16.7 Å². The Bertz CT molecular complexity index is 1260. The van der Waals surface area contributed by atoms with Gasteiger partial charge in [0.2, 0.25) is 0 Å². The van der Waals surface area contributed by atoms with Crippen molar-refractivity contribution in [3.05, 3.63) is 143 Å². The molecular formula is C28H16F4. The number of halogens is 4. The highest BCUT2D eigenvalue weighted by Gasteiger charge is 2.14. The Kier molecular flexibility index (Phi) is 6.19. The van der Waals surface area contributed by atoms with Gasteiger partial charge in [-0.2, -0.15) is 0 Å². The maximum Gasteiger partial charge on any atom is 0.123 e. The molecule has 4 rings (SSSR count). The molecular weight excluding hydrogens is 412 g/mol. The molecule has 156 valence electrons. The average molecular weight is 428 g/mol. The van der Waals surface area contributed by atoms with E-state index in [1.165, 1.54) is 48.5 Å². The highest BCUT2D eigenvalue weighted by Crippen LogP contribution is 2.32. The molecule has 0 saturated carbocycles. The fraction of sp³-hybridized carbons (Fsp3) is 0. The first-order chi connectivity index (χ1) is 15.5. The lowest BCUT2D eigenvalue weighted by Crippen LogP contribution is -1.95. The van der Waals surface area contributed by atoms with Crippen LogP contribution in [0.15, 0.2) is 97.1 Å². The first-order valence-corrected chi connectivity index (χ1v) is 9.79. The summed E-state index contributed by atoms with van der Waals surface area (Å²) in [6.07, 6.45) is 0. The fourth-order valence-corrected chi connectivity index (χ4v) is 3.25. The zero-order valence-corrected chi connectivity index (χ0v) is 16.7. The van der Waals surface area contributed by atoms with E-state index < -0.39 is 17.5 Å². The number of allylic oxidation sites excluding steroid dienone is 1. The molecule has 0 nitrogen and oxygen atoms in total. The lowest BCUT2D eigenvalue weighted by molar-refractivity contribution is 0.627. The summed E-state index contributed by atoms with van der Waals surface area (Å²) in [5, 5.41) is 0. The van der Waals surface area contributed by atoms with E-state index in [1.807, 2.05) is 0 Å². The van der Waals surface area contributed by atoms with Crippen molar-refractivity contribution in [2.24, 2.45) is 0 Å². The van der Waals surface area contributed by atoms with Crippen molar-refractivity contribution in [1.82, 2.24) is 0 Å². The van der Waals surface area contributed by atoms with Crippen LogP contribution in [0.25, 0.3) is 11.1 Å². The minimum atomic E-state index is -0.398. The zero-order valence-electron chi connectivity index (χ0n) is 16.7. The van der Waals surface area contributed by atoms with Crippen molar-refractivity contribution in [1.29, 1.82) is 0 Å². The Labute approximate surface area is 183 Å². The minimum Gasteiger partial charge on any atom is -0.207 e. The van der Waals surface area contributed by atoms with Gasteiger partial charge in [-0.25, -0.2) is 17.6 Å². The molecule has 0 unspecified atom stereocenters. The summed E-state index contributed by atoms with van der Waals surface area (Å²) in [6, 6.07) is 23.3. The fourth-order valence-electron chi connectivity index (χ4n) is 3.25. The van der Waals surface area contributed by atoms with Crippen LogP contribution in [0.4, 0.5) is 17.6 Å². The van der Waals surface area contributed by atoms with E-state index in [0.717, 1.165) is 0 Å². The number of rotatable bonds is 3. The largest absolute Gasteiger partial charge is 0.207 e. The van der Waals surface area contributed by atoms with Crippen LogP contribution in [0, 0.1) is 35.1 Å². The molecule has 0 radical (unpaired) electrons. The van der Waals surface area contributed by atoms with Gasteiger partial charge in [0.1, 0.15) is 23.3 Å². The molecule has 0 heterocycles. The second-order valence-corrected chi connectivity index (χ2v) is 7.03. The van der Waals surface area contributed by atoms with Crippen LogP contribution in [-0.2, 0) is 0 Å². The molecule has 32 heavy (non-hydrogen) atoms. The second-order valence-electron chi connectivity index (χ2n) is 7.03. The molecule has 0 N–H and O–H groups in total. The molecule has 0 atom stereocenters. The van der Waals surface area contributed by atoms with Crippen molar-refractivity contribution in [2.75, 3.05) is 0 Å². The highest BCUT2D eigenvalue weighted by atomic mass is 19.1. The molecule has 0 aliphatic rings. The van der Waals surface area contributed by atoms with Gasteiger partial charge in [-0.3, -0.25) is 0 Å². The normalized spacial score (nSPS) is 10.2. The van der Waals surface area contributed by atoms with Crippen molar-refractivity contribution < 1.29 is 17.6 Å². The molecule has 0 saturated heterocycles. The number of hydrogen-bond acceptors (Lipinski definition) is 0. The first-order valence-electron chi connectivity index (χ1n) is 9.79. The Morgan fingerprint density at radius 2 is 0.781 bits per heavy atom. The highest BCUT2D eigenvalue weighted by molar-refractivity contribution is 6.04. The standard InChI is InChI=1S/C28H16F4/c29-23-10-1-19(2-11-23)3-18-27(20-4-12-24(30)13-5-20)28(21-6-14-25(31)15-7-21)22-8-16-26(32)17-9-22/h1-2,4-17H. The van der Waals surface area contributed by atoms with Crippen LogP contribution in [0.2, 0.25) is 0 Å². The summed E-state index contributed by atoms with van der Waals surface area (Å²) in [6.45, 7) is 0. The zero-order chi connectivity index (χ0) is 22.5.